The van der Waals surface area contributed by atoms with E-state index in [1.807, 2.05) is 11.8 Å². The molecule has 4 nitrogen and oxygen atoms in total. The molecule has 1 aromatic heterocycles. The van der Waals surface area contributed by atoms with Gasteiger partial charge in [-0.15, -0.1) is 0 Å². The Hall–Kier alpha value is -0.940. The fourth-order valence-corrected chi connectivity index (χ4v) is 2.72. The van der Waals surface area contributed by atoms with Gasteiger partial charge in [0, 0.05) is 6.54 Å². The van der Waals surface area contributed by atoms with Crippen LogP contribution < -0.4 is 4.90 Å². The Bertz CT molecular complexity index is 467. The van der Waals surface area contributed by atoms with Crippen LogP contribution in [0, 0.1) is 5.82 Å². The minimum atomic E-state index is -0.428. The normalized spacial score (nSPS) is 26.2. The highest BCUT2D eigenvalue weighted by atomic mass is 35.5. The van der Waals surface area contributed by atoms with Gasteiger partial charge in [-0.25, -0.2) is 9.37 Å². The van der Waals surface area contributed by atoms with Crippen LogP contribution in [-0.2, 0) is 4.74 Å². The predicted octanol–water partition coefficient (Wildman–Crippen LogP) is 2.42. The molecular formula is C12H15ClFN3O. The van der Waals surface area contributed by atoms with Gasteiger partial charge in [0.2, 0.25) is 5.28 Å². The zero-order valence-electron chi connectivity index (χ0n) is 10.2. The molecule has 1 aliphatic heterocycles. The van der Waals surface area contributed by atoms with Gasteiger partial charge in [0.25, 0.3) is 0 Å². The molecule has 0 amide bonds. The molecule has 1 saturated heterocycles. The van der Waals surface area contributed by atoms with Gasteiger partial charge in [0.05, 0.1) is 24.4 Å². The summed E-state index contributed by atoms with van der Waals surface area (Å²) >= 11 is 5.76. The maximum Gasteiger partial charge on any atom is 0.224 e. The van der Waals surface area contributed by atoms with Crippen LogP contribution in [0.25, 0.3) is 0 Å². The van der Waals surface area contributed by atoms with Crippen LogP contribution >= 0.6 is 11.6 Å². The molecule has 1 saturated carbocycles. The summed E-state index contributed by atoms with van der Waals surface area (Å²) in [6.07, 6.45) is 4.38. The first-order chi connectivity index (χ1) is 8.60. The molecular weight excluding hydrogens is 257 g/mol. The highest BCUT2D eigenvalue weighted by molar-refractivity contribution is 6.28. The van der Waals surface area contributed by atoms with Crippen LogP contribution in [0.3, 0.4) is 0 Å². The minimum Gasteiger partial charge on any atom is -0.371 e. The van der Waals surface area contributed by atoms with E-state index in [0.717, 1.165) is 19.0 Å². The second-order valence-electron chi connectivity index (χ2n) is 5.14. The van der Waals surface area contributed by atoms with Crippen molar-refractivity contribution in [3.8, 4) is 0 Å². The van der Waals surface area contributed by atoms with Crippen molar-refractivity contribution in [3.63, 3.8) is 0 Å². The molecule has 1 aliphatic carbocycles. The third-order valence-corrected chi connectivity index (χ3v) is 4.04. The lowest BCUT2D eigenvalue weighted by atomic mass is 9.78. The lowest BCUT2D eigenvalue weighted by molar-refractivity contribution is -0.117. The van der Waals surface area contributed by atoms with Crippen LogP contribution in [0.2, 0.25) is 5.28 Å². The van der Waals surface area contributed by atoms with E-state index >= 15 is 0 Å². The van der Waals surface area contributed by atoms with Crippen molar-refractivity contribution in [2.75, 3.05) is 18.1 Å². The Balaban J connectivity index is 1.91. The molecule has 2 aliphatic rings. The van der Waals surface area contributed by atoms with Gasteiger partial charge in [0.1, 0.15) is 0 Å². The first-order valence-electron chi connectivity index (χ1n) is 6.18. The molecule has 2 heterocycles. The Morgan fingerprint density at radius 3 is 3.00 bits per heavy atom. The molecule has 0 N–H and O–H groups in total. The first kappa shape index (κ1) is 12.1. The summed E-state index contributed by atoms with van der Waals surface area (Å²) in [6.45, 7) is 3.28. The van der Waals surface area contributed by atoms with Crippen molar-refractivity contribution in [1.29, 1.82) is 0 Å². The molecule has 2 fully saturated rings. The van der Waals surface area contributed by atoms with Crippen molar-refractivity contribution in [2.24, 2.45) is 0 Å². The summed E-state index contributed by atoms with van der Waals surface area (Å²) < 4.78 is 19.7. The van der Waals surface area contributed by atoms with Crippen LogP contribution in [-0.4, -0.2) is 34.8 Å². The topological polar surface area (TPSA) is 38.2 Å². The monoisotopic (exact) mass is 271 g/mol. The standard InChI is InChI=1S/C12H15ClFN3O/c1-8-6-18-12(3-2-4-12)7-17(8)10-9(14)5-15-11(13)16-10/h5,8H,2-4,6-7H2,1H3/t8-/m0/s1. The number of ether oxygens (including phenoxy) is 1. The predicted molar refractivity (Wildman–Crippen MR) is 66.3 cm³/mol. The molecule has 0 unspecified atom stereocenters. The highest BCUT2D eigenvalue weighted by Gasteiger charge is 2.44. The zero-order chi connectivity index (χ0) is 12.8. The highest BCUT2D eigenvalue weighted by Crippen LogP contribution is 2.40. The summed E-state index contributed by atoms with van der Waals surface area (Å²) in [5.74, 6) is -0.139. The Morgan fingerprint density at radius 1 is 1.56 bits per heavy atom. The number of anilines is 1. The van der Waals surface area contributed by atoms with Crippen molar-refractivity contribution in [1.82, 2.24) is 9.97 Å². The average Bonchev–Trinajstić information content (AvgIpc) is 2.31. The number of aromatic nitrogens is 2. The largest absolute Gasteiger partial charge is 0.371 e. The van der Waals surface area contributed by atoms with E-state index in [4.69, 9.17) is 16.3 Å². The number of hydrogen-bond donors (Lipinski definition) is 0. The number of nitrogens with zero attached hydrogens (tertiary/aromatic N) is 3. The number of halogens is 2. The fraction of sp³-hybridized carbons (Fsp3) is 0.667. The molecule has 0 aromatic carbocycles. The van der Waals surface area contributed by atoms with E-state index in [0.29, 0.717) is 13.2 Å². The van der Waals surface area contributed by atoms with E-state index in [9.17, 15) is 4.39 Å². The Kier molecular flexibility index (Phi) is 2.90. The second-order valence-corrected chi connectivity index (χ2v) is 5.47. The van der Waals surface area contributed by atoms with Gasteiger partial charge >= 0.3 is 0 Å². The second kappa shape index (κ2) is 4.31. The van der Waals surface area contributed by atoms with Gasteiger partial charge in [-0.1, -0.05) is 0 Å². The third kappa shape index (κ3) is 1.95. The molecule has 3 rings (SSSR count). The number of morpholine rings is 1. The first-order valence-corrected chi connectivity index (χ1v) is 6.56. The summed E-state index contributed by atoms with van der Waals surface area (Å²) in [6, 6.07) is 0.0942. The quantitative estimate of drug-likeness (QED) is 0.736. The van der Waals surface area contributed by atoms with Crippen LogP contribution in [0.1, 0.15) is 26.2 Å². The van der Waals surface area contributed by atoms with Gasteiger partial charge in [0.15, 0.2) is 11.6 Å². The lowest BCUT2D eigenvalue weighted by Crippen LogP contribution is -2.59. The van der Waals surface area contributed by atoms with Gasteiger partial charge in [-0.2, -0.15) is 4.98 Å². The van der Waals surface area contributed by atoms with Crippen LogP contribution in [0.15, 0.2) is 6.20 Å². The molecule has 0 bridgehead atoms. The zero-order valence-corrected chi connectivity index (χ0v) is 11.0. The van der Waals surface area contributed by atoms with Gasteiger partial charge in [-0.3, -0.25) is 0 Å². The Labute approximate surface area is 110 Å². The lowest BCUT2D eigenvalue weighted by Gasteiger charge is -2.51. The average molecular weight is 272 g/mol. The van der Waals surface area contributed by atoms with E-state index in [2.05, 4.69) is 9.97 Å². The number of rotatable bonds is 1. The maximum atomic E-state index is 13.8. The van der Waals surface area contributed by atoms with Crippen LogP contribution in [0.5, 0.6) is 0 Å². The molecule has 98 valence electrons. The van der Waals surface area contributed by atoms with E-state index in [-0.39, 0.29) is 22.7 Å². The molecule has 1 atom stereocenters. The van der Waals surface area contributed by atoms with Crippen molar-refractivity contribution < 1.29 is 9.13 Å². The molecule has 1 aromatic rings. The van der Waals surface area contributed by atoms with E-state index in [1.54, 1.807) is 0 Å². The smallest absolute Gasteiger partial charge is 0.224 e. The van der Waals surface area contributed by atoms with Gasteiger partial charge < -0.3 is 9.64 Å². The molecule has 6 heteroatoms. The van der Waals surface area contributed by atoms with Crippen molar-refractivity contribution in [2.45, 2.75) is 37.8 Å². The van der Waals surface area contributed by atoms with Crippen molar-refractivity contribution in [3.05, 3.63) is 17.3 Å². The maximum absolute atomic E-state index is 13.8. The minimum absolute atomic E-state index is 0.0766. The molecule has 1 spiro atoms. The summed E-state index contributed by atoms with van der Waals surface area (Å²) in [4.78, 5) is 9.62. The molecule has 0 radical (unpaired) electrons. The van der Waals surface area contributed by atoms with E-state index < -0.39 is 5.82 Å². The van der Waals surface area contributed by atoms with Gasteiger partial charge in [-0.05, 0) is 37.8 Å². The Morgan fingerprint density at radius 2 is 2.33 bits per heavy atom. The fourth-order valence-electron chi connectivity index (χ4n) is 2.60. The SMILES string of the molecule is C[C@H]1COC2(CCC2)CN1c1nc(Cl)ncc1F. The third-order valence-electron chi connectivity index (χ3n) is 3.85. The number of hydrogen-bond acceptors (Lipinski definition) is 4. The summed E-state index contributed by atoms with van der Waals surface area (Å²) in [7, 11) is 0. The molecule has 18 heavy (non-hydrogen) atoms. The summed E-state index contributed by atoms with van der Waals surface area (Å²) in [5.41, 5.74) is -0.101. The van der Waals surface area contributed by atoms with Crippen molar-refractivity contribution >= 4 is 17.4 Å². The van der Waals surface area contributed by atoms with Crippen LogP contribution in [0.4, 0.5) is 10.2 Å². The van der Waals surface area contributed by atoms with E-state index in [1.165, 1.54) is 6.42 Å². The summed E-state index contributed by atoms with van der Waals surface area (Å²) in [5, 5.41) is 0.0766.